The first kappa shape index (κ1) is 12.0. The van der Waals surface area contributed by atoms with Crippen LogP contribution in [0.5, 0.6) is 0 Å². The molecule has 5 heteroatoms. The maximum absolute atomic E-state index is 13.1. The normalized spacial score (nSPS) is 14.1. The molecule has 1 atom stereocenters. The van der Waals surface area contributed by atoms with Gasteiger partial charge in [-0.3, -0.25) is 0 Å². The number of alkyl halides is 3. The molecular formula is C10H11F4N. The Balaban J connectivity index is 3.17. The second-order valence-electron chi connectivity index (χ2n) is 3.49. The molecule has 1 aromatic rings. The standard InChI is InChI=1S/C10H11F4N/c1-5-3-7(4-6(2)8(5)11)9(15)10(12,13)14/h3-4,9H,15H2,1-2H3/t9-/m1/s1. The first-order chi connectivity index (χ1) is 6.73. The lowest BCUT2D eigenvalue weighted by molar-refractivity contribution is -0.149. The zero-order valence-corrected chi connectivity index (χ0v) is 8.32. The van der Waals surface area contributed by atoms with Crippen LogP contribution in [-0.2, 0) is 0 Å². The van der Waals surface area contributed by atoms with Gasteiger partial charge in [0.1, 0.15) is 11.9 Å². The van der Waals surface area contributed by atoms with E-state index in [1.807, 2.05) is 0 Å². The van der Waals surface area contributed by atoms with E-state index in [0.29, 0.717) is 0 Å². The first-order valence-corrected chi connectivity index (χ1v) is 4.32. The van der Waals surface area contributed by atoms with Gasteiger partial charge in [0, 0.05) is 0 Å². The Kier molecular flexibility index (Phi) is 3.04. The second-order valence-corrected chi connectivity index (χ2v) is 3.49. The summed E-state index contributed by atoms with van der Waals surface area (Å²) in [6, 6.07) is 0.191. The van der Waals surface area contributed by atoms with Crippen LogP contribution in [0.25, 0.3) is 0 Å². The number of rotatable bonds is 1. The minimum atomic E-state index is -4.50. The fraction of sp³-hybridized carbons (Fsp3) is 0.400. The van der Waals surface area contributed by atoms with E-state index in [-0.39, 0.29) is 16.7 Å². The third kappa shape index (κ3) is 2.47. The Morgan fingerprint density at radius 2 is 1.53 bits per heavy atom. The van der Waals surface area contributed by atoms with Crippen molar-refractivity contribution in [1.29, 1.82) is 0 Å². The summed E-state index contributed by atoms with van der Waals surface area (Å²) in [5.41, 5.74) is 5.24. The van der Waals surface area contributed by atoms with E-state index in [1.165, 1.54) is 13.8 Å². The highest BCUT2D eigenvalue weighted by Crippen LogP contribution is 2.31. The van der Waals surface area contributed by atoms with Crippen molar-refractivity contribution in [1.82, 2.24) is 0 Å². The molecule has 0 heterocycles. The Morgan fingerprint density at radius 3 is 1.87 bits per heavy atom. The van der Waals surface area contributed by atoms with Crippen LogP contribution in [0.3, 0.4) is 0 Å². The molecule has 0 spiro atoms. The number of hydrogen-bond acceptors (Lipinski definition) is 1. The van der Waals surface area contributed by atoms with Crippen molar-refractivity contribution in [3.05, 3.63) is 34.6 Å². The highest BCUT2D eigenvalue weighted by molar-refractivity contribution is 5.32. The van der Waals surface area contributed by atoms with Gasteiger partial charge in [-0.1, -0.05) is 12.1 Å². The van der Waals surface area contributed by atoms with E-state index in [1.54, 1.807) is 0 Å². The summed E-state index contributed by atoms with van der Waals surface area (Å²) in [5.74, 6) is -0.492. The number of benzene rings is 1. The summed E-state index contributed by atoms with van der Waals surface area (Å²) in [6.45, 7) is 2.82. The van der Waals surface area contributed by atoms with Crippen molar-refractivity contribution in [3.63, 3.8) is 0 Å². The number of nitrogens with two attached hydrogens (primary N) is 1. The molecular weight excluding hydrogens is 210 g/mol. The van der Waals surface area contributed by atoms with E-state index >= 15 is 0 Å². The SMILES string of the molecule is Cc1cc([C@@H](N)C(F)(F)F)cc(C)c1F. The Hall–Kier alpha value is -1.10. The quantitative estimate of drug-likeness (QED) is 0.725. The first-order valence-electron chi connectivity index (χ1n) is 4.32. The van der Waals surface area contributed by atoms with Crippen LogP contribution in [-0.4, -0.2) is 6.18 Å². The van der Waals surface area contributed by atoms with Crippen molar-refractivity contribution in [2.45, 2.75) is 26.1 Å². The molecule has 1 rings (SSSR count). The minimum Gasteiger partial charge on any atom is -0.316 e. The van der Waals surface area contributed by atoms with Crippen molar-refractivity contribution < 1.29 is 17.6 Å². The lowest BCUT2D eigenvalue weighted by Gasteiger charge is -2.17. The molecule has 0 aromatic heterocycles. The van der Waals surface area contributed by atoms with Crippen LogP contribution in [0.4, 0.5) is 17.6 Å². The van der Waals surface area contributed by atoms with Crippen molar-refractivity contribution in [2.24, 2.45) is 5.73 Å². The zero-order chi connectivity index (χ0) is 11.8. The minimum absolute atomic E-state index is 0.112. The van der Waals surface area contributed by atoms with Gasteiger partial charge in [-0.2, -0.15) is 13.2 Å². The molecule has 0 bridgehead atoms. The molecule has 84 valence electrons. The zero-order valence-electron chi connectivity index (χ0n) is 8.32. The molecule has 0 radical (unpaired) electrons. The van der Waals surface area contributed by atoms with Gasteiger partial charge in [-0.05, 0) is 30.5 Å². The van der Waals surface area contributed by atoms with Crippen molar-refractivity contribution in [2.75, 3.05) is 0 Å². The molecule has 0 saturated heterocycles. The van der Waals surface area contributed by atoms with Crippen molar-refractivity contribution in [3.8, 4) is 0 Å². The number of aryl methyl sites for hydroxylation is 2. The third-order valence-electron chi connectivity index (χ3n) is 2.17. The molecule has 0 unspecified atom stereocenters. The fourth-order valence-corrected chi connectivity index (χ4v) is 1.35. The van der Waals surface area contributed by atoms with Gasteiger partial charge in [0.2, 0.25) is 0 Å². The maximum Gasteiger partial charge on any atom is 0.407 e. The van der Waals surface area contributed by atoms with Crippen LogP contribution in [0.15, 0.2) is 12.1 Å². The number of halogens is 4. The monoisotopic (exact) mass is 221 g/mol. The Morgan fingerprint density at radius 1 is 1.13 bits per heavy atom. The van der Waals surface area contributed by atoms with Crippen molar-refractivity contribution >= 4 is 0 Å². The molecule has 15 heavy (non-hydrogen) atoms. The van der Waals surface area contributed by atoms with Gasteiger partial charge in [0.05, 0.1) is 0 Å². The van der Waals surface area contributed by atoms with Gasteiger partial charge in [-0.25, -0.2) is 4.39 Å². The summed E-state index contributed by atoms with van der Waals surface area (Å²) in [7, 11) is 0. The molecule has 0 aliphatic heterocycles. The van der Waals surface area contributed by atoms with Gasteiger partial charge < -0.3 is 5.73 Å². The van der Waals surface area contributed by atoms with Crippen LogP contribution in [0.1, 0.15) is 22.7 Å². The highest BCUT2D eigenvalue weighted by atomic mass is 19.4. The largest absolute Gasteiger partial charge is 0.407 e. The van der Waals surface area contributed by atoms with E-state index in [2.05, 4.69) is 0 Å². The average Bonchev–Trinajstić information content (AvgIpc) is 2.10. The topological polar surface area (TPSA) is 26.0 Å². The highest BCUT2D eigenvalue weighted by Gasteiger charge is 2.38. The van der Waals surface area contributed by atoms with Gasteiger partial charge in [0.25, 0.3) is 0 Å². The molecule has 2 N–H and O–H groups in total. The second kappa shape index (κ2) is 3.81. The number of hydrogen-bond donors (Lipinski definition) is 1. The van der Waals surface area contributed by atoms with Gasteiger partial charge >= 0.3 is 6.18 Å². The van der Waals surface area contributed by atoms with Gasteiger partial charge in [0.15, 0.2) is 0 Å². The summed E-state index contributed by atoms with van der Waals surface area (Å²) in [6.07, 6.45) is -4.50. The smallest absolute Gasteiger partial charge is 0.316 e. The molecule has 0 saturated carbocycles. The Labute approximate surface area is 84.9 Å². The lowest BCUT2D eigenvalue weighted by Crippen LogP contribution is -2.28. The maximum atomic E-state index is 13.1. The van der Waals surface area contributed by atoms with Crippen LogP contribution in [0, 0.1) is 19.7 Å². The van der Waals surface area contributed by atoms with E-state index in [4.69, 9.17) is 5.73 Å². The molecule has 0 aliphatic carbocycles. The summed E-state index contributed by atoms with van der Waals surface area (Å²) >= 11 is 0. The van der Waals surface area contributed by atoms with Crippen LogP contribution >= 0.6 is 0 Å². The predicted molar refractivity (Wildman–Crippen MR) is 48.9 cm³/mol. The third-order valence-corrected chi connectivity index (χ3v) is 2.17. The molecule has 0 fully saturated rings. The molecule has 0 aliphatic rings. The predicted octanol–water partition coefficient (Wildman–Crippen LogP) is 3.00. The fourth-order valence-electron chi connectivity index (χ4n) is 1.35. The summed E-state index contributed by atoms with van der Waals surface area (Å²) < 4.78 is 50.0. The van der Waals surface area contributed by atoms with E-state index in [9.17, 15) is 17.6 Å². The van der Waals surface area contributed by atoms with Crippen LogP contribution in [0.2, 0.25) is 0 Å². The summed E-state index contributed by atoms with van der Waals surface area (Å²) in [5, 5.41) is 0. The van der Waals surface area contributed by atoms with E-state index in [0.717, 1.165) is 12.1 Å². The van der Waals surface area contributed by atoms with Gasteiger partial charge in [-0.15, -0.1) is 0 Å². The Bertz CT molecular complexity index is 347. The van der Waals surface area contributed by atoms with E-state index < -0.39 is 18.0 Å². The molecule has 1 aromatic carbocycles. The summed E-state index contributed by atoms with van der Waals surface area (Å²) in [4.78, 5) is 0. The molecule has 0 amide bonds. The van der Waals surface area contributed by atoms with Crippen LogP contribution < -0.4 is 5.73 Å². The molecule has 1 nitrogen and oxygen atoms in total. The average molecular weight is 221 g/mol. The lowest BCUT2D eigenvalue weighted by atomic mass is 10.0.